The summed E-state index contributed by atoms with van der Waals surface area (Å²) in [4.78, 5) is 27.6. The average Bonchev–Trinajstić information content (AvgIpc) is 2.81. The van der Waals surface area contributed by atoms with Crippen molar-refractivity contribution in [2.75, 3.05) is 30.5 Å². The third-order valence-electron chi connectivity index (χ3n) is 5.38. The van der Waals surface area contributed by atoms with Gasteiger partial charge < -0.3 is 19.7 Å². The number of carbonyl (C=O) groups is 2. The molecule has 1 heterocycles. The van der Waals surface area contributed by atoms with Gasteiger partial charge in [0.1, 0.15) is 18.1 Å². The zero-order chi connectivity index (χ0) is 22.6. The summed E-state index contributed by atoms with van der Waals surface area (Å²) in [7, 11) is 1.60. The number of hydrogen-bond donors (Lipinski definition) is 1. The minimum absolute atomic E-state index is 0.0340. The van der Waals surface area contributed by atoms with Crippen LogP contribution in [0.2, 0.25) is 0 Å². The van der Waals surface area contributed by atoms with Crippen molar-refractivity contribution in [3.8, 4) is 11.5 Å². The van der Waals surface area contributed by atoms with E-state index in [4.69, 9.17) is 9.47 Å². The summed E-state index contributed by atoms with van der Waals surface area (Å²) >= 11 is 0. The second kappa shape index (κ2) is 9.41. The van der Waals surface area contributed by atoms with Crippen molar-refractivity contribution in [3.63, 3.8) is 0 Å². The van der Waals surface area contributed by atoms with E-state index in [2.05, 4.69) is 19.2 Å². The molecule has 1 N–H and O–H groups in total. The van der Waals surface area contributed by atoms with Gasteiger partial charge in [-0.25, -0.2) is 0 Å². The van der Waals surface area contributed by atoms with Gasteiger partial charge in [-0.3, -0.25) is 9.59 Å². The Morgan fingerprint density at radius 2 is 2.00 bits per heavy atom. The zero-order valence-electron chi connectivity index (χ0n) is 19.0. The molecule has 0 aromatic heterocycles. The number of fused-ring (bicyclic) bond motifs is 1. The second-order valence-corrected chi connectivity index (χ2v) is 9.07. The van der Waals surface area contributed by atoms with Crippen molar-refractivity contribution in [1.82, 2.24) is 0 Å². The number of ether oxygens (including phenoxy) is 2. The van der Waals surface area contributed by atoms with E-state index in [1.807, 2.05) is 56.3 Å². The third-order valence-corrected chi connectivity index (χ3v) is 5.38. The van der Waals surface area contributed by atoms with Crippen molar-refractivity contribution in [3.05, 3.63) is 48.0 Å². The maximum Gasteiger partial charge on any atom is 0.236 e. The molecule has 3 rings (SSSR count). The summed E-state index contributed by atoms with van der Waals surface area (Å²) in [5.74, 6) is 1.74. The highest BCUT2D eigenvalue weighted by Crippen LogP contribution is 2.38. The Morgan fingerprint density at radius 3 is 2.71 bits per heavy atom. The summed E-state index contributed by atoms with van der Waals surface area (Å²) in [5, 5.41) is 2.95. The number of hydrogen-bond acceptors (Lipinski definition) is 4. The van der Waals surface area contributed by atoms with E-state index in [0.29, 0.717) is 36.2 Å². The fraction of sp³-hybridized carbons (Fsp3) is 0.440. The smallest absolute Gasteiger partial charge is 0.236 e. The molecule has 0 radical (unpaired) electrons. The lowest BCUT2D eigenvalue weighted by Crippen LogP contribution is -2.42. The minimum Gasteiger partial charge on any atom is -0.497 e. The summed E-state index contributed by atoms with van der Waals surface area (Å²) in [6.45, 7) is 9.01. The minimum atomic E-state index is -0.619. The molecule has 0 unspecified atom stereocenters. The van der Waals surface area contributed by atoms with Gasteiger partial charge in [-0.05, 0) is 62.1 Å². The lowest BCUT2D eigenvalue weighted by Gasteiger charge is -2.28. The number of carbonyl (C=O) groups excluding carboxylic acids is 2. The molecule has 0 spiro atoms. The van der Waals surface area contributed by atoms with E-state index < -0.39 is 5.41 Å². The van der Waals surface area contributed by atoms with E-state index in [0.717, 1.165) is 17.7 Å². The molecule has 1 aliphatic rings. The van der Waals surface area contributed by atoms with Crippen LogP contribution in [0, 0.1) is 11.3 Å². The number of methoxy groups -OCH3 is 1. The quantitative estimate of drug-likeness (QED) is 0.701. The van der Waals surface area contributed by atoms with Crippen LogP contribution in [-0.4, -0.2) is 32.1 Å². The average molecular weight is 425 g/mol. The van der Waals surface area contributed by atoms with Gasteiger partial charge in [0, 0.05) is 12.2 Å². The molecule has 1 aliphatic heterocycles. The van der Waals surface area contributed by atoms with Crippen molar-refractivity contribution in [2.45, 2.75) is 40.5 Å². The largest absolute Gasteiger partial charge is 0.497 e. The van der Waals surface area contributed by atoms with Crippen LogP contribution in [0.1, 0.15) is 39.7 Å². The van der Waals surface area contributed by atoms with Crippen molar-refractivity contribution in [2.24, 2.45) is 11.3 Å². The fourth-order valence-corrected chi connectivity index (χ4v) is 3.51. The number of nitrogens with zero attached hydrogens (tertiary/aromatic N) is 1. The van der Waals surface area contributed by atoms with E-state index in [9.17, 15) is 9.59 Å². The van der Waals surface area contributed by atoms with Crippen LogP contribution >= 0.6 is 0 Å². The van der Waals surface area contributed by atoms with E-state index >= 15 is 0 Å². The number of benzene rings is 2. The van der Waals surface area contributed by atoms with Gasteiger partial charge in [0.2, 0.25) is 11.8 Å². The number of nitrogens with one attached hydrogen (secondary N) is 1. The van der Waals surface area contributed by atoms with Gasteiger partial charge in [0.15, 0.2) is 0 Å². The van der Waals surface area contributed by atoms with Crippen LogP contribution in [0.25, 0.3) is 0 Å². The summed E-state index contributed by atoms with van der Waals surface area (Å²) in [5.41, 5.74) is 1.59. The second-order valence-electron chi connectivity index (χ2n) is 9.07. The van der Waals surface area contributed by atoms with Gasteiger partial charge in [-0.1, -0.05) is 26.0 Å². The molecule has 0 fully saturated rings. The Balaban J connectivity index is 1.82. The first-order valence-corrected chi connectivity index (χ1v) is 10.7. The molecule has 2 amide bonds. The molecule has 0 bridgehead atoms. The maximum absolute atomic E-state index is 13.2. The van der Waals surface area contributed by atoms with Crippen molar-refractivity contribution in [1.29, 1.82) is 0 Å². The van der Waals surface area contributed by atoms with E-state index in [1.54, 1.807) is 12.0 Å². The summed E-state index contributed by atoms with van der Waals surface area (Å²) in [6, 6.07) is 12.9. The molecule has 0 atom stereocenters. The van der Waals surface area contributed by atoms with Crippen LogP contribution in [-0.2, 0) is 16.0 Å². The first kappa shape index (κ1) is 22.7. The number of amides is 2. The number of anilines is 2. The molecule has 2 aromatic carbocycles. The summed E-state index contributed by atoms with van der Waals surface area (Å²) < 4.78 is 11.2. The van der Waals surface area contributed by atoms with Crippen LogP contribution in [0.15, 0.2) is 42.5 Å². The fourth-order valence-electron chi connectivity index (χ4n) is 3.51. The lowest BCUT2D eigenvalue weighted by molar-refractivity contribution is -0.127. The van der Waals surface area contributed by atoms with Crippen LogP contribution in [0.3, 0.4) is 0 Å². The van der Waals surface area contributed by atoms with E-state index in [-0.39, 0.29) is 18.2 Å². The Kier molecular flexibility index (Phi) is 6.88. The molecule has 0 aliphatic carbocycles. The van der Waals surface area contributed by atoms with Gasteiger partial charge in [-0.2, -0.15) is 0 Å². The van der Waals surface area contributed by atoms with Gasteiger partial charge in [0.25, 0.3) is 0 Å². The zero-order valence-corrected chi connectivity index (χ0v) is 19.0. The normalized spacial score (nSPS) is 15.2. The van der Waals surface area contributed by atoms with Gasteiger partial charge in [-0.15, -0.1) is 0 Å². The number of rotatable bonds is 7. The van der Waals surface area contributed by atoms with Crippen LogP contribution in [0.4, 0.5) is 11.4 Å². The molecule has 6 heteroatoms. The van der Waals surface area contributed by atoms with Gasteiger partial charge >= 0.3 is 0 Å². The highest BCUT2D eigenvalue weighted by molar-refractivity contribution is 6.00. The van der Waals surface area contributed by atoms with Crippen molar-refractivity contribution < 1.29 is 19.1 Å². The Morgan fingerprint density at radius 1 is 1.23 bits per heavy atom. The molecule has 0 saturated heterocycles. The Hall–Kier alpha value is -3.02. The highest BCUT2D eigenvalue weighted by Gasteiger charge is 2.37. The predicted molar refractivity (Wildman–Crippen MR) is 123 cm³/mol. The Bertz CT molecular complexity index is 952. The molecule has 166 valence electrons. The predicted octanol–water partition coefficient (Wildman–Crippen LogP) is 4.67. The monoisotopic (exact) mass is 424 g/mol. The van der Waals surface area contributed by atoms with E-state index in [1.165, 1.54) is 0 Å². The van der Waals surface area contributed by atoms with Crippen LogP contribution < -0.4 is 19.7 Å². The molecule has 2 aromatic rings. The third kappa shape index (κ3) is 5.57. The van der Waals surface area contributed by atoms with Crippen LogP contribution in [0.5, 0.6) is 11.5 Å². The molecule has 31 heavy (non-hydrogen) atoms. The molecule has 0 saturated carbocycles. The maximum atomic E-state index is 13.2. The Labute approximate surface area is 184 Å². The molecular formula is C25H32N2O4. The SMILES string of the molecule is COc1cccc(CC(=O)Nc2ccc3c(c2)N(CCC(C)C)C(=O)C(C)(C)CO3)c1. The lowest BCUT2D eigenvalue weighted by atomic mass is 9.92. The van der Waals surface area contributed by atoms with Crippen molar-refractivity contribution >= 4 is 23.2 Å². The highest BCUT2D eigenvalue weighted by atomic mass is 16.5. The first-order chi connectivity index (χ1) is 14.7. The topological polar surface area (TPSA) is 67.9 Å². The molecule has 6 nitrogen and oxygen atoms in total. The summed E-state index contributed by atoms with van der Waals surface area (Å²) in [6.07, 6.45) is 1.11. The standard InChI is InChI=1S/C25H32N2O4/c1-17(2)11-12-27-21-15-19(9-10-22(21)31-16-25(3,4)24(27)29)26-23(28)14-18-7-6-8-20(13-18)30-5/h6-10,13,15,17H,11-12,14,16H2,1-5H3,(H,26,28). The first-order valence-electron chi connectivity index (χ1n) is 10.7. The molecular weight excluding hydrogens is 392 g/mol. The van der Waals surface area contributed by atoms with Gasteiger partial charge in [0.05, 0.1) is 24.6 Å².